The van der Waals surface area contributed by atoms with Crippen LogP contribution >= 0.6 is 11.8 Å². The first-order valence-corrected chi connectivity index (χ1v) is 11.4. The number of benzene rings is 2. The van der Waals surface area contributed by atoms with Gasteiger partial charge >= 0.3 is 5.97 Å². The second-order valence-electron chi connectivity index (χ2n) is 9.08. The van der Waals surface area contributed by atoms with E-state index in [1.807, 2.05) is 18.2 Å². The SMILES string of the molecule is O=C(CSc1ccc2ccccc2c1)OCC(=O)C12CC3CC(CC(C3)C1)C2. The number of esters is 1. The molecule has 4 fully saturated rings. The molecular formula is C24H26O3S. The predicted octanol–water partition coefficient (Wildman–Crippen LogP) is 5.26. The Bertz CT molecular complexity index is 884. The van der Waals surface area contributed by atoms with Crippen molar-refractivity contribution in [2.45, 2.75) is 43.4 Å². The standard InChI is InChI=1S/C24H26O3S/c25-22(24-11-16-7-17(12-24)9-18(8-16)13-24)14-27-23(26)15-28-21-6-5-19-3-1-2-4-20(19)10-21/h1-6,10,16-18H,7-9,11-15H2. The van der Waals surface area contributed by atoms with Crippen molar-refractivity contribution in [3.05, 3.63) is 42.5 Å². The molecule has 4 aliphatic carbocycles. The fourth-order valence-electron chi connectivity index (χ4n) is 6.19. The van der Waals surface area contributed by atoms with Gasteiger partial charge in [-0.15, -0.1) is 11.8 Å². The lowest BCUT2D eigenvalue weighted by molar-refractivity contribution is -0.156. The first-order valence-electron chi connectivity index (χ1n) is 10.4. The normalized spacial score (nSPS) is 30.5. The molecular weight excluding hydrogens is 368 g/mol. The van der Waals surface area contributed by atoms with Crippen molar-refractivity contribution in [2.24, 2.45) is 23.2 Å². The number of fused-ring (bicyclic) bond motifs is 1. The van der Waals surface area contributed by atoms with Crippen molar-refractivity contribution in [3.63, 3.8) is 0 Å². The molecule has 28 heavy (non-hydrogen) atoms. The number of thioether (sulfide) groups is 1. The van der Waals surface area contributed by atoms with Gasteiger partial charge in [0.2, 0.25) is 0 Å². The number of carbonyl (C=O) groups is 2. The summed E-state index contributed by atoms with van der Waals surface area (Å²) in [6, 6.07) is 14.4. The fraction of sp³-hybridized carbons (Fsp3) is 0.500. The van der Waals surface area contributed by atoms with Crippen LogP contribution in [0.2, 0.25) is 0 Å². The Hall–Kier alpha value is -1.81. The van der Waals surface area contributed by atoms with Crippen molar-refractivity contribution in [1.82, 2.24) is 0 Å². The molecule has 0 unspecified atom stereocenters. The van der Waals surface area contributed by atoms with E-state index in [-0.39, 0.29) is 29.5 Å². The van der Waals surface area contributed by atoms with E-state index in [1.54, 1.807) is 0 Å². The van der Waals surface area contributed by atoms with Gasteiger partial charge in [-0.1, -0.05) is 30.3 Å². The van der Waals surface area contributed by atoms with Crippen LogP contribution in [0.25, 0.3) is 10.8 Å². The first-order chi connectivity index (χ1) is 13.6. The molecule has 0 spiro atoms. The second-order valence-corrected chi connectivity index (χ2v) is 10.1. The van der Waals surface area contributed by atoms with E-state index in [4.69, 9.17) is 4.74 Å². The average Bonchev–Trinajstić information content (AvgIpc) is 2.69. The van der Waals surface area contributed by atoms with Crippen LogP contribution < -0.4 is 0 Å². The molecule has 0 saturated heterocycles. The Kier molecular flexibility index (Phi) is 4.70. The zero-order valence-corrected chi connectivity index (χ0v) is 16.9. The number of ketones is 1. The summed E-state index contributed by atoms with van der Waals surface area (Å²) in [5, 5.41) is 2.36. The molecule has 0 amide bonds. The number of carbonyl (C=O) groups excluding carboxylic acids is 2. The summed E-state index contributed by atoms with van der Waals surface area (Å²) in [6.45, 7) is -0.0384. The topological polar surface area (TPSA) is 43.4 Å². The maximum atomic E-state index is 12.9. The summed E-state index contributed by atoms with van der Waals surface area (Å²) >= 11 is 1.47. The Morgan fingerprint density at radius 2 is 1.57 bits per heavy atom. The van der Waals surface area contributed by atoms with Crippen molar-refractivity contribution in [2.75, 3.05) is 12.4 Å². The minimum Gasteiger partial charge on any atom is -0.457 e. The summed E-state index contributed by atoms with van der Waals surface area (Å²) in [6.07, 6.45) is 7.03. The molecule has 4 bridgehead atoms. The minimum absolute atomic E-state index is 0.0384. The molecule has 2 aromatic rings. The molecule has 2 aromatic carbocycles. The second kappa shape index (κ2) is 7.22. The van der Waals surface area contributed by atoms with E-state index in [0.717, 1.165) is 47.3 Å². The van der Waals surface area contributed by atoms with Crippen molar-refractivity contribution in [1.29, 1.82) is 0 Å². The largest absolute Gasteiger partial charge is 0.457 e. The van der Waals surface area contributed by atoms with E-state index in [0.29, 0.717) is 0 Å². The molecule has 0 radical (unpaired) electrons. The molecule has 0 aromatic heterocycles. The highest BCUT2D eigenvalue weighted by atomic mass is 32.2. The summed E-state index contributed by atoms with van der Waals surface area (Å²) in [5.41, 5.74) is -0.180. The molecule has 6 rings (SSSR count). The average molecular weight is 395 g/mol. The van der Waals surface area contributed by atoms with Gasteiger partial charge in [-0.3, -0.25) is 9.59 Å². The van der Waals surface area contributed by atoms with Gasteiger partial charge in [-0.25, -0.2) is 0 Å². The van der Waals surface area contributed by atoms with Gasteiger partial charge in [0.1, 0.15) is 0 Å². The van der Waals surface area contributed by atoms with Crippen LogP contribution in [-0.2, 0) is 14.3 Å². The van der Waals surface area contributed by atoms with Crippen molar-refractivity contribution < 1.29 is 14.3 Å². The molecule has 146 valence electrons. The van der Waals surface area contributed by atoms with Gasteiger partial charge in [0, 0.05) is 10.3 Å². The maximum absolute atomic E-state index is 12.9. The highest BCUT2D eigenvalue weighted by molar-refractivity contribution is 8.00. The summed E-state index contributed by atoms with van der Waals surface area (Å²) in [5.74, 6) is 2.32. The van der Waals surface area contributed by atoms with E-state index < -0.39 is 0 Å². The minimum atomic E-state index is -0.295. The lowest BCUT2D eigenvalue weighted by atomic mass is 9.48. The quantitative estimate of drug-likeness (QED) is 0.495. The number of Topliss-reactive ketones (excluding diaryl/α,β-unsaturated/α-hetero) is 1. The fourth-order valence-corrected chi connectivity index (χ4v) is 6.93. The van der Waals surface area contributed by atoms with Crippen LogP contribution in [-0.4, -0.2) is 24.1 Å². The monoisotopic (exact) mass is 394 g/mol. The van der Waals surface area contributed by atoms with E-state index >= 15 is 0 Å². The zero-order chi connectivity index (χ0) is 19.1. The Labute approximate surface area is 170 Å². The van der Waals surface area contributed by atoms with Crippen LogP contribution in [0.1, 0.15) is 38.5 Å². The third-order valence-corrected chi connectivity index (χ3v) is 8.04. The molecule has 0 N–H and O–H groups in total. The molecule has 4 aliphatic rings. The number of hydrogen-bond donors (Lipinski definition) is 0. The predicted molar refractivity (Wildman–Crippen MR) is 111 cm³/mol. The lowest BCUT2D eigenvalue weighted by Crippen LogP contribution is -2.51. The first kappa shape index (κ1) is 18.2. The third kappa shape index (κ3) is 3.47. The van der Waals surface area contributed by atoms with Crippen LogP contribution in [0.3, 0.4) is 0 Å². The molecule has 4 heteroatoms. The molecule has 3 nitrogen and oxygen atoms in total. The molecule has 0 atom stereocenters. The smallest absolute Gasteiger partial charge is 0.316 e. The Morgan fingerprint density at radius 3 is 2.25 bits per heavy atom. The van der Waals surface area contributed by atoms with E-state index in [9.17, 15) is 9.59 Å². The van der Waals surface area contributed by atoms with Crippen LogP contribution in [0, 0.1) is 23.2 Å². The van der Waals surface area contributed by atoms with Crippen LogP contribution in [0.4, 0.5) is 0 Å². The van der Waals surface area contributed by atoms with Gasteiger partial charge in [0.25, 0.3) is 0 Å². The van der Waals surface area contributed by atoms with E-state index in [2.05, 4.69) is 24.3 Å². The molecule has 4 saturated carbocycles. The zero-order valence-electron chi connectivity index (χ0n) is 16.1. The van der Waals surface area contributed by atoms with Gasteiger partial charge in [-0.05, 0) is 79.2 Å². The van der Waals surface area contributed by atoms with Gasteiger partial charge in [0.15, 0.2) is 12.4 Å². The Balaban J connectivity index is 1.14. The summed E-state index contributed by atoms with van der Waals surface area (Å²) in [4.78, 5) is 26.2. The maximum Gasteiger partial charge on any atom is 0.316 e. The van der Waals surface area contributed by atoms with Crippen molar-refractivity contribution in [3.8, 4) is 0 Å². The van der Waals surface area contributed by atoms with Gasteiger partial charge < -0.3 is 4.74 Å². The lowest BCUT2D eigenvalue weighted by Gasteiger charge is -2.55. The van der Waals surface area contributed by atoms with Gasteiger partial charge in [-0.2, -0.15) is 0 Å². The molecule has 0 aliphatic heterocycles. The number of ether oxygens (including phenoxy) is 1. The summed E-state index contributed by atoms with van der Waals surface area (Å²) in [7, 11) is 0. The third-order valence-electron chi connectivity index (χ3n) is 7.07. The van der Waals surface area contributed by atoms with Crippen LogP contribution in [0.15, 0.2) is 47.4 Å². The molecule has 0 heterocycles. The summed E-state index contributed by atoms with van der Waals surface area (Å²) < 4.78 is 5.39. The van der Waals surface area contributed by atoms with Crippen LogP contribution in [0.5, 0.6) is 0 Å². The number of hydrogen-bond acceptors (Lipinski definition) is 4. The highest BCUT2D eigenvalue weighted by Gasteiger charge is 2.54. The van der Waals surface area contributed by atoms with E-state index in [1.165, 1.54) is 36.4 Å². The van der Waals surface area contributed by atoms with Gasteiger partial charge in [0.05, 0.1) is 5.75 Å². The van der Waals surface area contributed by atoms with Crippen molar-refractivity contribution >= 4 is 34.3 Å². The number of rotatable bonds is 6. The Morgan fingerprint density at radius 1 is 0.929 bits per heavy atom. The highest BCUT2D eigenvalue weighted by Crippen LogP contribution is 2.60.